The molecule has 1 N–H and O–H groups in total. The lowest BCUT2D eigenvalue weighted by Gasteiger charge is -2.09. The zero-order valence-corrected chi connectivity index (χ0v) is 6.59. The van der Waals surface area contributed by atoms with Crippen LogP contribution in [0, 0.1) is 12.3 Å². The van der Waals surface area contributed by atoms with E-state index in [0.29, 0.717) is 12.2 Å². The third kappa shape index (κ3) is 1.24. The van der Waals surface area contributed by atoms with E-state index in [1.807, 2.05) is 6.92 Å². The Morgan fingerprint density at radius 1 is 1.82 bits per heavy atom. The molecule has 1 aromatic heterocycles. The third-order valence-corrected chi connectivity index (χ3v) is 1.54. The van der Waals surface area contributed by atoms with Gasteiger partial charge in [0.15, 0.2) is 0 Å². The summed E-state index contributed by atoms with van der Waals surface area (Å²) in [5.41, 5.74) is 1.17. The van der Waals surface area contributed by atoms with Crippen LogP contribution >= 0.6 is 0 Å². The highest BCUT2D eigenvalue weighted by Gasteiger charge is 2.03. The van der Waals surface area contributed by atoms with Crippen LogP contribution < -0.4 is 5.11 Å². The standard InChI is InChI=1S/C7H11N3O/c1-3-10-6(7(8)11)5(2)4-9-10/h4H,3H2,1-2H3,(H2,8,11)/p-1. The van der Waals surface area contributed by atoms with Gasteiger partial charge in [-0.1, -0.05) is 0 Å². The average molecular weight is 152 g/mol. The minimum atomic E-state index is -0.665. The second kappa shape index (κ2) is 2.74. The van der Waals surface area contributed by atoms with Crippen molar-refractivity contribution in [3.63, 3.8) is 0 Å². The summed E-state index contributed by atoms with van der Waals surface area (Å²) in [6.07, 6.45) is 1.60. The van der Waals surface area contributed by atoms with Crippen molar-refractivity contribution in [1.29, 1.82) is 5.41 Å². The summed E-state index contributed by atoms with van der Waals surface area (Å²) in [5, 5.41) is 21.6. The SMILES string of the molecule is CCn1ncc(C)c1C(=N)[O-]. The van der Waals surface area contributed by atoms with E-state index in [1.54, 1.807) is 13.1 Å². The maximum atomic E-state index is 10.7. The molecule has 0 aliphatic carbocycles. The number of rotatable bonds is 2. The van der Waals surface area contributed by atoms with E-state index in [2.05, 4.69) is 5.10 Å². The van der Waals surface area contributed by atoms with Gasteiger partial charge < -0.3 is 10.5 Å². The smallest absolute Gasteiger partial charge is 0.0739 e. The van der Waals surface area contributed by atoms with Gasteiger partial charge in [0.25, 0.3) is 0 Å². The van der Waals surface area contributed by atoms with Crippen LogP contribution in [0.5, 0.6) is 0 Å². The fourth-order valence-corrected chi connectivity index (χ4v) is 1.01. The Bertz CT molecular complexity index is 277. The van der Waals surface area contributed by atoms with Crippen LogP contribution in [-0.4, -0.2) is 15.7 Å². The van der Waals surface area contributed by atoms with Crippen molar-refractivity contribution in [1.82, 2.24) is 9.78 Å². The van der Waals surface area contributed by atoms with Gasteiger partial charge in [0, 0.05) is 12.4 Å². The summed E-state index contributed by atoms with van der Waals surface area (Å²) in [7, 11) is 0. The first-order valence-electron chi connectivity index (χ1n) is 3.45. The van der Waals surface area contributed by atoms with Crippen LogP contribution in [0.15, 0.2) is 6.20 Å². The molecule has 0 spiro atoms. The normalized spacial score (nSPS) is 10.0. The average Bonchev–Trinajstić information content (AvgIpc) is 2.30. The molecule has 4 nitrogen and oxygen atoms in total. The van der Waals surface area contributed by atoms with Crippen LogP contribution in [0.2, 0.25) is 0 Å². The van der Waals surface area contributed by atoms with Gasteiger partial charge in [-0.15, -0.1) is 0 Å². The molecule has 11 heavy (non-hydrogen) atoms. The molecule has 0 fully saturated rings. The third-order valence-electron chi connectivity index (χ3n) is 1.54. The molecule has 0 radical (unpaired) electrons. The van der Waals surface area contributed by atoms with E-state index in [0.717, 1.165) is 5.56 Å². The van der Waals surface area contributed by atoms with Gasteiger partial charge >= 0.3 is 0 Å². The van der Waals surface area contributed by atoms with Gasteiger partial charge in [-0.05, 0) is 19.4 Å². The van der Waals surface area contributed by atoms with E-state index in [1.165, 1.54) is 4.68 Å². The molecule has 1 rings (SSSR count). The molecule has 0 saturated heterocycles. The molecular weight excluding hydrogens is 142 g/mol. The summed E-state index contributed by atoms with van der Waals surface area (Å²) >= 11 is 0. The molecule has 4 heteroatoms. The lowest BCUT2D eigenvalue weighted by Crippen LogP contribution is -2.22. The second-order valence-corrected chi connectivity index (χ2v) is 2.32. The quantitative estimate of drug-likeness (QED) is 0.475. The number of aromatic nitrogens is 2. The lowest BCUT2D eigenvalue weighted by atomic mass is 10.3. The van der Waals surface area contributed by atoms with Crippen LogP contribution in [0.1, 0.15) is 18.2 Å². The maximum Gasteiger partial charge on any atom is 0.0739 e. The van der Waals surface area contributed by atoms with Crippen molar-refractivity contribution >= 4 is 5.90 Å². The lowest BCUT2D eigenvalue weighted by molar-refractivity contribution is -0.215. The van der Waals surface area contributed by atoms with Gasteiger partial charge in [0.2, 0.25) is 0 Å². The first-order valence-corrected chi connectivity index (χ1v) is 3.45. The molecular formula is C7H10N3O-. The fourth-order valence-electron chi connectivity index (χ4n) is 1.01. The first-order chi connectivity index (χ1) is 5.16. The highest BCUT2D eigenvalue weighted by molar-refractivity contribution is 5.87. The summed E-state index contributed by atoms with van der Waals surface area (Å²) in [6.45, 7) is 4.30. The van der Waals surface area contributed by atoms with Crippen molar-refractivity contribution in [3.05, 3.63) is 17.5 Å². The monoisotopic (exact) mass is 152 g/mol. The summed E-state index contributed by atoms with van der Waals surface area (Å²) < 4.78 is 1.53. The molecule has 60 valence electrons. The Balaban J connectivity index is 3.17. The van der Waals surface area contributed by atoms with E-state index in [9.17, 15) is 5.11 Å². The highest BCUT2D eigenvalue weighted by Crippen LogP contribution is 2.04. The van der Waals surface area contributed by atoms with Crippen LogP contribution in [-0.2, 0) is 6.54 Å². The molecule has 0 bridgehead atoms. The Hall–Kier alpha value is -1.32. The Labute approximate surface area is 65.0 Å². The fraction of sp³-hybridized carbons (Fsp3) is 0.429. The number of aryl methyl sites for hydroxylation is 2. The van der Waals surface area contributed by atoms with Gasteiger partial charge in [0.1, 0.15) is 0 Å². The first kappa shape index (κ1) is 7.78. The second-order valence-electron chi connectivity index (χ2n) is 2.32. The van der Waals surface area contributed by atoms with Gasteiger partial charge in [-0.3, -0.25) is 4.68 Å². The molecule has 0 aromatic carbocycles. The molecule has 1 aromatic rings. The zero-order chi connectivity index (χ0) is 8.43. The topological polar surface area (TPSA) is 64.7 Å². The molecule has 0 aliphatic rings. The van der Waals surface area contributed by atoms with Crippen molar-refractivity contribution in [2.45, 2.75) is 20.4 Å². The van der Waals surface area contributed by atoms with Crippen molar-refractivity contribution in [2.75, 3.05) is 0 Å². The van der Waals surface area contributed by atoms with Crippen molar-refractivity contribution in [2.24, 2.45) is 0 Å². The zero-order valence-electron chi connectivity index (χ0n) is 6.59. The molecule has 0 saturated carbocycles. The van der Waals surface area contributed by atoms with E-state index in [4.69, 9.17) is 5.41 Å². The van der Waals surface area contributed by atoms with Crippen LogP contribution in [0.4, 0.5) is 0 Å². The van der Waals surface area contributed by atoms with Crippen LogP contribution in [0.3, 0.4) is 0 Å². The summed E-state index contributed by atoms with van der Waals surface area (Å²) in [5.74, 6) is -0.665. The minimum absolute atomic E-state index is 0.396. The van der Waals surface area contributed by atoms with E-state index in [-0.39, 0.29) is 0 Å². The van der Waals surface area contributed by atoms with Gasteiger partial charge in [0.05, 0.1) is 11.9 Å². The predicted molar refractivity (Wildman–Crippen MR) is 39.5 cm³/mol. The van der Waals surface area contributed by atoms with Crippen molar-refractivity contribution < 1.29 is 5.11 Å². The van der Waals surface area contributed by atoms with Crippen molar-refractivity contribution in [3.8, 4) is 0 Å². The Kier molecular flexibility index (Phi) is 1.94. The minimum Gasteiger partial charge on any atom is -0.858 e. The Morgan fingerprint density at radius 3 is 2.82 bits per heavy atom. The van der Waals surface area contributed by atoms with E-state index < -0.39 is 5.90 Å². The van der Waals surface area contributed by atoms with Crippen LogP contribution in [0.25, 0.3) is 0 Å². The molecule has 0 amide bonds. The molecule has 1 heterocycles. The number of nitrogens with zero attached hydrogens (tertiary/aromatic N) is 2. The molecule has 0 atom stereocenters. The largest absolute Gasteiger partial charge is 0.858 e. The molecule has 0 unspecified atom stereocenters. The number of hydrogen-bond donors (Lipinski definition) is 1. The predicted octanol–water partition coefficient (Wildman–Crippen LogP) is -0.103. The van der Waals surface area contributed by atoms with Gasteiger partial charge in [-0.2, -0.15) is 5.10 Å². The van der Waals surface area contributed by atoms with E-state index >= 15 is 0 Å². The summed E-state index contributed by atoms with van der Waals surface area (Å²) in [6, 6.07) is 0. The Morgan fingerprint density at radius 2 is 2.45 bits per heavy atom. The summed E-state index contributed by atoms with van der Waals surface area (Å²) in [4.78, 5) is 0. The molecule has 0 aliphatic heterocycles. The van der Waals surface area contributed by atoms with Gasteiger partial charge in [-0.25, -0.2) is 0 Å². The maximum absolute atomic E-state index is 10.7. The highest BCUT2D eigenvalue weighted by atomic mass is 16.3. The number of hydrogen-bond acceptors (Lipinski definition) is 3. The number of nitrogens with one attached hydrogen (secondary N) is 1.